The molecule has 7 heteroatoms. The monoisotopic (exact) mass is 372 g/mol. The SMILES string of the molecule is Cc1ccc(-c2noc(CCC(=O)N(C)C(C)C(=O)NC(C)(C)C)n2)cc1. The zero-order valence-electron chi connectivity index (χ0n) is 16.9. The molecule has 2 amide bonds. The molecule has 0 spiro atoms. The van der Waals surface area contributed by atoms with E-state index in [1.54, 1.807) is 14.0 Å². The first-order valence-corrected chi connectivity index (χ1v) is 9.04. The topological polar surface area (TPSA) is 88.3 Å². The van der Waals surface area contributed by atoms with Crippen LogP contribution in [0.15, 0.2) is 28.8 Å². The number of hydrogen-bond donors (Lipinski definition) is 1. The van der Waals surface area contributed by atoms with Crippen molar-refractivity contribution in [2.45, 2.75) is 59.0 Å². The molecule has 0 fully saturated rings. The van der Waals surface area contributed by atoms with Crippen molar-refractivity contribution in [2.75, 3.05) is 7.05 Å². The van der Waals surface area contributed by atoms with Crippen LogP contribution in [0.1, 0.15) is 45.6 Å². The predicted octanol–water partition coefficient (Wildman–Crippen LogP) is 2.74. The lowest BCUT2D eigenvalue weighted by Crippen LogP contribution is -2.51. The summed E-state index contributed by atoms with van der Waals surface area (Å²) in [6.07, 6.45) is 0.523. The lowest BCUT2D eigenvalue weighted by molar-refractivity contribution is -0.139. The highest BCUT2D eigenvalue weighted by atomic mass is 16.5. The van der Waals surface area contributed by atoms with E-state index in [1.807, 2.05) is 52.0 Å². The van der Waals surface area contributed by atoms with E-state index in [9.17, 15) is 9.59 Å². The van der Waals surface area contributed by atoms with Crippen LogP contribution in [0.2, 0.25) is 0 Å². The van der Waals surface area contributed by atoms with Crippen LogP contribution >= 0.6 is 0 Å². The molecule has 0 bridgehead atoms. The summed E-state index contributed by atoms with van der Waals surface area (Å²) in [5.41, 5.74) is 1.68. The van der Waals surface area contributed by atoms with Crippen molar-refractivity contribution in [3.05, 3.63) is 35.7 Å². The number of carbonyl (C=O) groups is 2. The molecule has 1 unspecified atom stereocenters. The number of likely N-dealkylation sites (N-methyl/N-ethyl adjacent to an activating group) is 1. The number of hydrogen-bond acceptors (Lipinski definition) is 5. The van der Waals surface area contributed by atoms with Crippen molar-refractivity contribution >= 4 is 11.8 Å². The van der Waals surface area contributed by atoms with Gasteiger partial charge in [-0.05, 0) is 34.6 Å². The summed E-state index contributed by atoms with van der Waals surface area (Å²) >= 11 is 0. The first kappa shape index (κ1) is 20.6. The largest absolute Gasteiger partial charge is 0.350 e. The summed E-state index contributed by atoms with van der Waals surface area (Å²) in [4.78, 5) is 30.4. The molecule has 0 aliphatic heterocycles. The smallest absolute Gasteiger partial charge is 0.242 e. The van der Waals surface area contributed by atoms with Crippen molar-refractivity contribution in [1.82, 2.24) is 20.4 Å². The quantitative estimate of drug-likeness (QED) is 0.842. The molecule has 0 aliphatic carbocycles. The van der Waals surface area contributed by atoms with Gasteiger partial charge in [-0.15, -0.1) is 0 Å². The third-order valence-corrected chi connectivity index (χ3v) is 4.18. The number of aromatic nitrogens is 2. The van der Waals surface area contributed by atoms with Gasteiger partial charge in [0.2, 0.25) is 23.5 Å². The number of nitrogens with zero attached hydrogens (tertiary/aromatic N) is 3. The molecule has 1 aromatic carbocycles. The molecule has 2 rings (SSSR count). The minimum absolute atomic E-state index is 0.151. The maximum atomic E-state index is 12.4. The summed E-state index contributed by atoms with van der Waals surface area (Å²) in [6, 6.07) is 7.26. The number of benzene rings is 1. The number of carbonyl (C=O) groups excluding carboxylic acids is 2. The zero-order chi connectivity index (χ0) is 20.2. The third-order valence-electron chi connectivity index (χ3n) is 4.18. The normalized spacial score (nSPS) is 12.5. The maximum absolute atomic E-state index is 12.4. The number of nitrogens with one attached hydrogen (secondary N) is 1. The molecule has 0 saturated carbocycles. The standard InChI is InChI=1S/C20H28N4O3/c1-13-7-9-15(10-8-13)18-21-16(27-23-18)11-12-17(25)24(6)14(2)19(26)22-20(3,4)5/h7-10,14H,11-12H2,1-6H3,(H,22,26). The minimum atomic E-state index is -0.553. The van der Waals surface area contributed by atoms with Gasteiger partial charge in [-0.25, -0.2) is 0 Å². The van der Waals surface area contributed by atoms with Gasteiger partial charge in [-0.3, -0.25) is 9.59 Å². The van der Waals surface area contributed by atoms with Crippen LogP contribution in [0.3, 0.4) is 0 Å². The van der Waals surface area contributed by atoms with Crippen molar-refractivity contribution in [3.63, 3.8) is 0 Å². The van der Waals surface area contributed by atoms with E-state index in [0.29, 0.717) is 18.1 Å². The van der Waals surface area contributed by atoms with Crippen molar-refractivity contribution in [2.24, 2.45) is 0 Å². The first-order chi connectivity index (χ1) is 12.6. The molecule has 1 N–H and O–H groups in total. The Bertz CT molecular complexity index is 790. The van der Waals surface area contributed by atoms with Gasteiger partial charge in [0.25, 0.3) is 0 Å². The number of rotatable bonds is 6. The van der Waals surface area contributed by atoms with Gasteiger partial charge in [0.05, 0.1) is 0 Å². The molecule has 1 atom stereocenters. The van der Waals surface area contributed by atoms with Crippen molar-refractivity contribution in [1.29, 1.82) is 0 Å². The Balaban J connectivity index is 1.91. The van der Waals surface area contributed by atoms with Gasteiger partial charge in [-0.1, -0.05) is 35.0 Å². The Morgan fingerprint density at radius 2 is 1.85 bits per heavy atom. The Morgan fingerprint density at radius 1 is 1.22 bits per heavy atom. The summed E-state index contributed by atoms with van der Waals surface area (Å²) in [7, 11) is 1.63. The van der Waals surface area contributed by atoms with Crippen molar-refractivity contribution < 1.29 is 14.1 Å². The molecule has 27 heavy (non-hydrogen) atoms. The van der Waals surface area contributed by atoms with E-state index in [1.165, 1.54) is 4.90 Å². The fourth-order valence-corrected chi connectivity index (χ4v) is 2.43. The Kier molecular flexibility index (Phi) is 6.36. The van der Waals surface area contributed by atoms with Crippen LogP contribution in [-0.2, 0) is 16.0 Å². The minimum Gasteiger partial charge on any atom is -0.350 e. The fourth-order valence-electron chi connectivity index (χ4n) is 2.43. The molecule has 7 nitrogen and oxygen atoms in total. The van der Waals surface area contributed by atoms with Crippen LogP contribution < -0.4 is 5.32 Å². The fraction of sp³-hybridized carbons (Fsp3) is 0.500. The van der Waals surface area contributed by atoms with Gasteiger partial charge < -0.3 is 14.7 Å². The lowest BCUT2D eigenvalue weighted by atomic mass is 10.1. The highest BCUT2D eigenvalue weighted by Crippen LogP contribution is 2.17. The lowest BCUT2D eigenvalue weighted by Gasteiger charge is -2.28. The van der Waals surface area contributed by atoms with Gasteiger partial charge >= 0.3 is 0 Å². The van der Waals surface area contributed by atoms with Gasteiger partial charge in [-0.2, -0.15) is 4.98 Å². The second-order valence-electron chi connectivity index (χ2n) is 7.80. The molecule has 1 heterocycles. The summed E-state index contributed by atoms with van der Waals surface area (Å²) in [6.45, 7) is 9.43. The van der Waals surface area contributed by atoms with E-state index >= 15 is 0 Å². The third kappa shape index (κ3) is 5.91. The van der Waals surface area contributed by atoms with Crippen LogP contribution in [-0.4, -0.2) is 45.5 Å². The van der Waals surface area contributed by atoms with E-state index < -0.39 is 6.04 Å². The first-order valence-electron chi connectivity index (χ1n) is 9.04. The van der Waals surface area contributed by atoms with Crippen molar-refractivity contribution in [3.8, 4) is 11.4 Å². The Morgan fingerprint density at radius 3 is 2.44 bits per heavy atom. The Labute approximate surface area is 160 Å². The van der Waals surface area contributed by atoms with Crippen LogP contribution in [0.5, 0.6) is 0 Å². The molecule has 2 aromatic rings. The van der Waals surface area contributed by atoms with Gasteiger partial charge in [0.15, 0.2) is 0 Å². The summed E-state index contributed by atoms with van der Waals surface area (Å²) in [5.74, 6) is 0.572. The molecule has 1 aromatic heterocycles. The van der Waals surface area contributed by atoms with E-state index in [2.05, 4.69) is 15.5 Å². The van der Waals surface area contributed by atoms with Gasteiger partial charge in [0, 0.05) is 31.0 Å². The van der Waals surface area contributed by atoms with Crippen LogP contribution in [0.25, 0.3) is 11.4 Å². The molecule has 0 aliphatic rings. The van der Waals surface area contributed by atoms with E-state index in [4.69, 9.17) is 4.52 Å². The summed E-state index contributed by atoms with van der Waals surface area (Å²) < 4.78 is 5.24. The number of amides is 2. The van der Waals surface area contributed by atoms with Crippen LogP contribution in [0, 0.1) is 6.92 Å². The highest BCUT2D eigenvalue weighted by Gasteiger charge is 2.25. The molecule has 0 saturated heterocycles. The Hall–Kier alpha value is -2.70. The molecular formula is C20H28N4O3. The second kappa shape index (κ2) is 8.33. The highest BCUT2D eigenvalue weighted by molar-refractivity contribution is 5.87. The van der Waals surface area contributed by atoms with Gasteiger partial charge in [0.1, 0.15) is 6.04 Å². The van der Waals surface area contributed by atoms with E-state index in [-0.39, 0.29) is 23.8 Å². The maximum Gasteiger partial charge on any atom is 0.242 e. The molecule has 0 radical (unpaired) electrons. The zero-order valence-corrected chi connectivity index (χ0v) is 16.9. The molecular weight excluding hydrogens is 344 g/mol. The average Bonchev–Trinajstić information content (AvgIpc) is 3.06. The number of aryl methyl sites for hydroxylation is 2. The van der Waals surface area contributed by atoms with Crippen LogP contribution in [0.4, 0.5) is 0 Å². The second-order valence-corrected chi connectivity index (χ2v) is 7.80. The molecule has 146 valence electrons. The summed E-state index contributed by atoms with van der Waals surface area (Å²) in [5, 5.41) is 6.85. The predicted molar refractivity (Wildman–Crippen MR) is 103 cm³/mol. The average molecular weight is 372 g/mol. The van der Waals surface area contributed by atoms with E-state index in [0.717, 1.165) is 11.1 Å².